The van der Waals surface area contributed by atoms with Crippen molar-refractivity contribution in [2.45, 2.75) is 24.8 Å². The Morgan fingerprint density at radius 3 is 2.88 bits per heavy atom. The molecule has 1 heterocycles. The Kier molecular flexibility index (Phi) is 5.25. The molecule has 0 aliphatic rings. The Balaban J connectivity index is 2.41. The van der Waals surface area contributed by atoms with Crippen molar-refractivity contribution in [1.82, 2.24) is 4.90 Å². The lowest BCUT2D eigenvalue weighted by Crippen LogP contribution is -2.37. The SMILES string of the molecule is CC(Cc1cccs1)N(C)CC(Cl)C(=O)O. The number of carboxylic acids is 1. The Labute approximate surface area is 105 Å². The monoisotopic (exact) mass is 261 g/mol. The minimum absolute atomic E-state index is 0.291. The molecule has 3 nitrogen and oxygen atoms in total. The average Bonchev–Trinajstić information content (AvgIpc) is 2.69. The second-order valence-electron chi connectivity index (χ2n) is 3.88. The molecule has 0 aliphatic heterocycles. The number of carbonyl (C=O) groups is 1. The molecule has 1 aromatic heterocycles. The zero-order valence-corrected chi connectivity index (χ0v) is 11.0. The highest BCUT2D eigenvalue weighted by molar-refractivity contribution is 7.09. The van der Waals surface area contributed by atoms with E-state index in [4.69, 9.17) is 16.7 Å². The summed E-state index contributed by atoms with van der Waals surface area (Å²) in [6, 6.07) is 4.40. The first-order valence-electron chi connectivity index (χ1n) is 5.10. The lowest BCUT2D eigenvalue weighted by Gasteiger charge is -2.25. The van der Waals surface area contributed by atoms with Crippen LogP contribution in [0.25, 0.3) is 0 Å². The van der Waals surface area contributed by atoms with Crippen molar-refractivity contribution in [1.29, 1.82) is 0 Å². The van der Waals surface area contributed by atoms with E-state index in [2.05, 4.69) is 13.0 Å². The number of alkyl halides is 1. The molecule has 0 aromatic carbocycles. The topological polar surface area (TPSA) is 40.5 Å². The minimum Gasteiger partial charge on any atom is -0.480 e. The van der Waals surface area contributed by atoms with Gasteiger partial charge < -0.3 is 10.0 Å². The van der Waals surface area contributed by atoms with Crippen LogP contribution in [0.1, 0.15) is 11.8 Å². The van der Waals surface area contributed by atoms with Crippen LogP contribution in [0.2, 0.25) is 0 Å². The highest BCUT2D eigenvalue weighted by Gasteiger charge is 2.19. The maximum absolute atomic E-state index is 10.6. The van der Waals surface area contributed by atoms with E-state index >= 15 is 0 Å². The minimum atomic E-state index is -0.961. The molecular weight excluding hydrogens is 246 g/mol. The van der Waals surface area contributed by atoms with Crippen LogP contribution in [-0.2, 0) is 11.2 Å². The maximum atomic E-state index is 10.6. The summed E-state index contributed by atoms with van der Waals surface area (Å²) in [4.78, 5) is 13.9. The lowest BCUT2D eigenvalue weighted by atomic mass is 10.2. The fourth-order valence-corrected chi connectivity index (χ4v) is 2.43. The molecule has 0 spiro atoms. The molecule has 1 rings (SSSR count). The first kappa shape index (κ1) is 13.5. The third-order valence-electron chi connectivity index (χ3n) is 2.55. The van der Waals surface area contributed by atoms with Gasteiger partial charge in [0.15, 0.2) is 0 Å². The molecule has 0 aliphatic carbocycles. The summed E-state index contributed by atoms with van der Waals surface area (Å²) in [5.74, 6) is -0.961. The summed E-state index contributed by atoms with van der Waals surface area (Å²) in [6.45, 7) is 2.44. The first-order chi connectivity index (χ1) is 7.50. The number of hydrogen-bond donors (Lipinski definition) is 1. The van der Waals surface area contributed by atoms with Gasteiger partial charge in [0.2, 0.25) is 0 Å². The second-order valence-corrected chi connectivity index (χ2v) is 5.44. The van der Waals surface area contributed by atoms with Crippen LogP contribution >= 0.6 is 22.9 Å². The van der Waals surface area contributed by atoms with Crippen molar-refractivity contribution in [3.8, 4) is 0 Å². The molecule has 0 amide bonds. The van der Waals surface area contributed by atoms with Gasteiger partial charge in [-0.2, -0.15) is 0 Å². The van der Waals surface area contributed by atoms with E-state index in [1.54, 1.807) is 11.3 Å². The number of hydrogen-bond acceptors (Lipinski definition) is 3. The zero-order chi connectivity index (χ0) is 12.1. The molecule has 0 bridgehead atoms. The molecular formula is C11H16ClNO2S. The smallest absolute Gasteiger partial charge is 0.322 e. The van der Waals surface area contributed by atoms with E-state index in [1.165, 1.54) is 4.88 Å². The Bertz CT molecular complexity index is 329. The van der Waals surface area contributed by atoms with Gasteiger partial charge in [0, 0.05) is 17.5 Å². The molecule has 0 radical (unpaired) electrons. The van der Waals surface area contributed by atoms with E-state index in [0.717, 1.165) is 6.42 Å². The van der Waals surface area contributed by atoms with E-state index in [9.17, 15) is 4.79 Å². The standard InChI is InChI=1S/C11H16ClNO2S/c1-8(6-9-4-3-5-16-9)13(2)7-10(12)11(14)15/h3-5,8,10H,6-7H2,1-2H3,(H,14,15). The Morgan fingerprint density at radius 1 is 1.69 bits per heavy atom. The van der Waals surface area contributed by atoms with Gasteiger partial charge in [0.25, 0.3) is 0 Å². The Morgan fingerprint density at radius 2 is 2.38 bits per heavy atom. The third-order valence-corrected chi connectivity index (χ3v) is 3.77. The maximum Gasteiger partial charge on any atom is 0.322 e. The molecule has 2 atom stereocenters. The number of carboxylic acid groups (broad SMARTS) is 1. The largest absolute Gasteiger partial charge is 0.480 e. The van der Waals surface area contributed by atoms with Gasteiger partial charge in [0.1, 0.15) is 5.38 Å². The number of halogens is 1. The Hall–Kier alpha value is -0.580. The van der Waals surface area contributed by atoms with Crippen LogP contribution in [0.3, 0.4) is 0 Å². The zero-order valence-electron chi connectivity index (χ0n) is 9.39. The summed E-state index contributed by atoms with van der Waals surface area (Å²) in [5.41, 5.74) is 0. The van der Waals surface area contributed by atoms with E-state index in [1.807, 2.05) is 23.4 Å². The van der Waals surface area contributed by atoms with E-state index < -0.39 is 11.3 Å². The average molecular weight is 262 g/mol. The summed E-state index contributed by atoms with van der Waals surface area (Å²) in [6.07, 6.45) is 0.928. The van der Waals surface area contributed by atoms with Crippen LogP contribution in [0, 0.1) is 0 Å². The molecule has 1 N–H and O–H groups in total. The third kappa shape index (κ3) is 4.12. The fourth-order valence-electron chi connectivity index (χ4n) is 1.39. The summed E-state index contributed by atoms with van der Waals surface area (Å²) in [7, 11) is 1.90. The van der Waals surface area contributed by atoms with Gasteiger partial charge in [-0.25, -0.2) is 0 Å². The van der Waals surface area contributed by atoms with Crippen molar-refractivity contribution in [3.05, 3.63) is 22.4 Å². The number of likely N-dealkylation sites (N-methyl/N-ethyl adjacent to an activating group) is 1. The number of thiophene rings is 1. The first-order valence-corrected chi connectivity index (χ1v) is 6.41. The second kappa shape index (κ2) is 6.23. The van der Waals surface area contributed by atoms with Crippen LogP contribution < -0.4 is 0 Å². The van der Waals surface area contributed by atoms with Crippen molar-refractivity contribution in [3.63, 3.8) is 0 Å². The van der Waals surface area contributed by atoms with Gasteiger partial charge in [-0.3, -0.25) is 4.79 Å². The predicted molar refractivity (Wildman–Crippen MR) is 67.4 cm³/mol. The quantitative estimate of drug-likeness (QED) is 0.799. The van der Waals surface area contributed by atoms with Crippen LogP contribution in [0.5, 0.6) is 0 Å². The molecule has 1 aromatic rings. The van der Waals surface area contributed by atoms with Gasteiger partial charge in [-0.05, 0) is 31.8 Å². The van der Waals surface area contributed by atoms with Gasteiger partial charge >= 0.3 is 5.97 Å². The van der Waals surface area contributed by atoms with Crippen molar-refractivity contribution >= 4 is 28.9 Å². The molecule has 2 unspecified atom stereocenters. The van der Waals surface area contributed by atoms with E-state index in [-0.39, 0.29) is 0 Å². The van der Waals surface area contributed by atoms with Gasteiger partial charge in [-0.15, -0.1) is 22.9 Å². The molecule has 5 heteroatoms. The molecule has 90 valence electrons. The fraction of sp³-hybridized carbons (Fsp3) is 0.545. The highest BCUT2D eigenvalue weighted by Crippen LogP contribution is 2.14. The van der Waals surface area contributed by atoms with Crippen molar-refractivity contribution in [2.24, 2.45) is 0 Å². The van der Waals surface area contributed by atoms with Gasteiger partial charge in [0.05, 0.1) is 0 Å². The number of rotatable bonds is 6. The van der Waals surface area contributed by atoms with Crippen LogP contribution in [-0.4, -0.2) is 41.0 Å². The van der Waals surface area contributed by atoms with Crippen molar-refractivity contribution in [2.75, 3.05) is 13.6 Å². The van der Waals surface area contributed by atoms with Gasteiger partial charge in [-0.1, -0.05) is 6.07 Å². The lowest BCUT2D eigenvalue weighted by molar-refractivity contribution is -0.137. The summed E-state index contributed by atoms with van der Waals surface area (Å²) in [5, 5.41) is 9.92. The van der Waals surface area contributed by atoms with Crippen LogP contribution in [0.15, 0.2) is 17.5 Å². The highest BCUT2D eigenvalue weighted by atomic mass is 35.5. The number of nitrogens with zero attached hydrogens (tertiary/aromatic N) is 1. The molecule has 0 saturated carbocycles. The predicted octanol–water partition coefficient (Wildman–Crippen LogP) is 2.30. The summed E-state index contributed by atoms with van der Waals surface area (Å²) >= 11 is 7.42. The normalized spacial score (nSPS) is 15.0. The molecule has 0 fully saturated rings. The number of aliphatic carboxylic acids is 1. The summed E-state index contributed by atoms with van der Waals surface area (Å²) < 4.78 is 0. The molecule has 0 saturated heterocycles. The van der Waals surface area contributed by atoms with Crippen LogP contribution in [0.4, 0.5) is 0 Å². The van der Waals surface area contributed by atoms with Crippen molar-refractivity contribution < 1.29 is 9.90 Å². The molecule has 16 heavy (non-hydrogen) atoms. The van der Waals surface area contributed by atoms with E-state index in [0.29, 0.717) is 12.6 Å².